The fraction of sp³-hybridized carbons (Fsp3) is 0.635. The molecule has 0 aliphatic carbocycles. The molecule has 4 heteroatoms. The molecule has 0 aliphatic rings. The number of esters is 1. The number of carbonyl (C=O) groups excluding carboxylic acids is 1. The molecule has 312 valence electrons. The number of unbranched alkanes of at least 4 members (excludes halogenated alkanes) is 25. The van der Waals surface area contributed by atoms with Crippen LogP contribution in [0.25, 0.3) is 11.1 Å². The van der Waals surface area contributed by atoms with Crippen LogP contribution in [0.4, 0.5) is 0 Å². The molecule has 3 aromatic carbocycles. The Balaban J connectivity index is 1.22. The Morgan fingerprint density at radius 2 is 0.786 bits per heavy atom. The highest BCUT2D eigenvalue weighted by atomic mass is 16.5. The average molecular weight is 769 g/mol. The summed E-state index contributed by atoms with van der Waals surface area (Å²) in [4.78, 5) is 12.8. The Morgan fingerprint density at radius 3 is 1.21 bits per heavy atom. The van der Waals surface area contributed by atoms with Gasteiger partial charge in [-0.25, -0.2) is 4.79 Å². The Hall–Kier alpha value is -3.11. The molecule has 0 heterocycles. The van der Waals surface area contributed by atoms with E-state index in [1.807, 2.05) is 36.4 Å². The minimum Gasteiger partial charge on any atom is -0.494 e. The van der Waals surface area contributed by atoms with Crippen molar-refractivity contribution in [2.75, 3.05) is 13.2 Å². The van der Waals surface area contributed by atoms with Crippen molar-refractivity contribution in [2.24, 2.45) is 0 Å². The van der Waals surface area contributed by atoms with Gasteiger partial charge in [0.05, 0.1) is 18.3 Å². The SMILES string of the molecule is CCCCCCCCCCCCCCCCOC(C)c1ccc(-c2ccc(OC(=O)c3ccc(OCCCCCCCCCCCCCCC)cc3)cc2)cc1. The molecule has 0 aliphatic heterocycles. The van der Waals surface area contributed by atoms with Crippen molar-refractivity contribution in [3.8, 4) is 22.6 Å². The van der Waals surface area contributed by atoms with Gasteiger partial charge in [0, 0.05) is 6.61 Å². The van der Waals surface area contributed by atoms with Crippen molar-refractivity contribution in [3.05, 3.63) is 83.9 Å². The Bertz CT molecular complexity index is 1350. The predicted octanol–water partition coefficient (Wildman–Crippen LogP) is 16.6. The quantitative estimate of drug-likeness (QED) is 0.0340. The lowest BCUT2D eigenvalue weighted by Crippen LogP contribution is -2.08. The molecule has 0 spiro atoms. The molecular weight excluding hydrogens is 689 g/mol. The predicted molar refractivity (Wildman–Crippen MR) is 239 cm³/mol. The molecule has 0 bridgehead atoms. The summed E-state index contributed by atoms with van der Waals surface area (Å²) in [6.45, 7) is 8.24. The second-order valence-electron chi connectivity index (χ2n) is 16.3. The highest BCUT2D eigenvalue weighted by Crippen LogP contribution is 2.26. The second kappa shape index (κ2) is 31.9. The van der Waals surface area contributed by atoms with Crippen LogP contribution in [0.2, 0.25) is 0 Å². The van der Waals surface area contributed by atoms with E-state index in [1.54, 1.807) is 12.1 Å². The van der Waals surface area contributed by atoms with Gasteiger partial charge in [0.25, 0.3) is 0 Å². The van der Waals surface area contributed by atoms with Gasteiger partial charge in [-0.2, -0.15) is 0 Å². The summed E-state index contributed by atoms with van der Waals surface area (Å²) in [5, 5.41) is 0. The van der Waals surface area contributed by atoms with Gasteiger partial charge >= 0.3 is 5.97 Å². The van der Waals surface area contributed by atoms with E-state index < -0.39 is 0 Å². The molecule has 0 amide bonds. The molecule has 1 unspecified atom stereocenters. The first-order valence-electron chi connectivity index (χ1n) is 23.4. The van der Waals surface area contributed by atoms with Crippen LogP contribution in [0.1, 0.15) is 216 Å². The van der Waals surface area contributed by atoms with Crippen molar-refractivity contribution in [3.63, 3.8) is 0 Å². The zero-order chi connectivity index (χ0) is 39.7. The van der Waals surface area contributed by atoms with E-state index in [2.05, 4.69) is 45.0 Å². The molecule has 1 atom stereocenters. The maximum Gasteiger partial charge on any atom is 0.343 e. The standard InChI is InChI=1S/C52H80O4/c1-4-6-8-10-12-14-16-18-20-21-23-25-27-29-43-54-45(3)46-31-33-47(34-32-46)48-35-41-51(42-36-48)56-52(53)49-37-39-50(40-38-49)55-44-30-28-26-24-22-19-17-15-13-11-9-7-5-2/h31-42,45H,4-30,43-44H2,1-3H3. The first kappa shape index (κ1) is 47.3. The zero-order valence-corrected chi connectivity index (χ0v) is 36.1. The lowest BCUT2D eigenvalue weighted by Gasteiger charge is -2.14. The highest BCUT2D eigenvalue weighted by molar-refractivity contribution is 5.91. The molecule has 0 aromatic heterocycles. The summed E-state index contributed by atoms with van der Waals surface area (Å²) in [5.41, 5.74) is 3.91. The third-order valence-electron chi connectivity index (χ3n) is 11.3. The number of rotatable bonds is 35. The van der Waals surface area contributed by atoms with Crippen molar-refractivity contribution in [1.29, 1.82) is 0 Å². The molecule has 0 N–H and O–H groups in total. The number of hydrogen-bond acceptors (Lipinski definition) is 4. The van der Waals surface area contributed by atoms with Gasteiger partial charge in [0.1, 0.15) is 11.5 Å². The van der Waals surface area contributed by atoms with E-state index in [-0.39, 0.29) is 12.1 Å². The van der Waals surface area contributed by atoms with Gasteiger partial charge < -0.3 is 14.2 Å². The van der Waals surface area contributed by atoms with Gasteiger partial charge in [-0.15, -0.1) is 0 Å². The van der Waals surface area contributed by atoms with Gasteiger partial charge in [-0.1, -0.05) is 211 Å². The molecule has 0 fully saturated rings. The first-order valence-corrected chi connectivity index (χ1v) is 23.4. The lowest BCUT2D eigenvalue weighted by atomic mass is 10.0. The van der Waals surface area contributed by atoms with Crippen molar-refractivity contribution >= 4 is 5.97 Å². The van der Waals surface area contributed by atoms with Gasteiger partial charge in [0.2, 0.25) is 0 Å². The Kier molecular flexibility index (Phi) is 26.9. The summed E-state index contributed by atoms with van der Waals surface area (Å²) < 4.78 is 17.8. The van der Waals surface area contributed by atoms with Crippen LogP contribution < -0.4 is 9.47 Å². The molecule has 56 heavy (non-hydrogen) atoms. The number of ether oxygens (including phenoxy) is 3. The number of hydrogen-bond donors (Lipinski definition) is 0. The third-order valence-corrected chi connectivity index (χ3v) is 11.3. The summed E-state index contributed by atoms with van der Waals surface area (Å²) in [7, 11) is 0. The molecule has 0 saturated carbocycles. The summed E-state index contributed by atoms with van der Waals surface area (Å²) in [5.74, 6) is 0.957. The smallest absolute Gasteiger partial charge is 0.343 e. The van der Waals surface area contributed by atoms with Crippen LogP contribution in [-0.4, -0.2) is 19.2 Å². The van der Waals surface area contributed by atoms with Crippen molar-refractivity contribution in [1.82, 2.24) is 0 Å². The lowest BCUT2D eigenvalue weighted by molar-refractivity contribution is 0.0627. The maximum atomic E-state index is 12.8. The first-order chi connectivity index (χ1) is 27.6. The Morgan fingerprint density at radius 1 is 0.429 bits per heavy atom. The summed E-state index contributed by atoms with van der Waals surface area (Å²) >= 11 is 0. The van der Waals surface area contributed by atoms with E-state index in [0.29, 0.717) is 17.9 Å². The van der Waals surface area contributed by atoms with E-state index in [1.165, 1.54) is 166 Å². The minimum absolute atomic E-state index is 0.0810. The average Bonchev–Trinajstić information content (AvgIpc) is 3.23. The van der Waals surface area contributed by atoms with Crippen molar-refractivity contribution in [2.45, 2.75) is 200 Å². The fourth-order valence-electron chi connectivity index (χ4n) is 7.48. The van der Waals surface area contributed by atoms with Crippen LogP contribution in [0.15, 0.2) is 72.8 Å². The van der Waals surface area contributed by atoms with Crippen molar-refractivity contribution < 1.29 is 19.0 Å². The van der Waals surface area contributed by atoms with Gasteiger partial charge in [-0.05, 0) is 72.9 Å². The second-order valence-corrected chi connectivity index (χ2v) is 16.3. The van der Waals surface area contributed by atoms with Gasteiger partial charge in [0.15, 0.2) is 0 Å². The molecule has 3 aromatic rings. The van der Waals surface area contributed by atoms with E-state index in [0.717, 1.165) is 36.3 Å². The van der Waals surface area contributed by atoms with Crippen LogP contribution in [0.3, 0.4) is 0 Å². The topological polar surface area (TPSA) is 44.8 Å². The fourth-order valence-corrected chi connectivity index (χ4v) is 7.48. The molecular formula is C52H80O4. The van der Waals surface area contributed by atoms with Crippen LogP contribution in [-0.2, 0) is 4.74 Å². The minimum atomic E-state index is -0.367. The van der Waals surface area contributed by atoms with Crippen LogP contribution >= 0.6 is 0 Å². The molecule has 4 nitrogen and oxygen atoms in total. The largest absolute Gasteiger partial charge is 0.494 e. The molecule has 0 saturated heterocycles. The van der Waals surface area contributed by atoms with Gasteiger partial charge in [-0.3, -0.25) is 0 Å². The molecule has 0 radical (unpaired) electrons. The highest BCUT2D eigenvalue weighted by Gasteiger charge is 2.11. The van der Waals surface area contributed by atoms with E-state index >= 15 is 0 Å². The number of carbonyl (C=O) groups is 1. The monoisotopic (exact) mass is 769 g/mol. The normalized spacial score (nSPS) is 11.8. The van der Waals surface area contributed by atoms with Crippen LogP contribution in [0, 0.1) is 0 Å². The third kappa shape index (κ3) is 22.0. The van der Waals surface area contributed by atoms with E-state index in [9.17, 15) is 4.79 Å². The van der Waals surface area contributed by atoms with Crippen LogP contribution in [0.5, 0.6) is 11.5 Å². The number of benzene rings is 3. The zero-order valence-electron chi connectivity index (χ0n) is 36.1. The van der Waals surface area contributed by atoms with E-state index in [4.69, 9.17) is 14.2 Å². The molecule has 3 rings (SSSR count). The Labute approximate surface area is 343 Å². The summed E-state index contributed by atoms with van der Waals surface area (Å²) in [6.07, 6.45) is 36.7. The maximum absolute atomic E-state index is 12.8. The summed E-state index contributed by atoms with van der Waals surface area (Å²) in [6, 6.07) is 23.6.